The number of H-pyrrole nitrogens is 1. The molecule has 9 nitrogen and oxygen atoms in total. The zero-order valence-corrected chi connectivity index (χ0v) is 15.4. The minimum Gasteiger partial charge on any atom is -0.457 e. The van der Waals surface area contributed by atoms with Crippen LogP contribution in [0.4, 0.5) is 0 Å². The number of esters is 1. The maximum atomic E-state index is 12.4. The third-order valence-electron chi connectivity index (χ3n) is 4.20. The van der Waals surface area contributed by atoms with Crippen LogP contribution < -0.4 is 11.2 Å². The van der Waals surface area contributed by atoms with Crippen molar-refractivity contribution in [2.24, 2.45) is 0 Å². The van der Waals surface area contributed by atoms with Gasteiger partial charge in [-0.25, -0.2) is 14.6 Å². The Kier molecular flexibility index (Phi) is 5.58. The Morgan fingerprint density at radius 2 is 2.04 bits per heavy atom. The first kappa shape index (κ1) is 18.7. The van der Waals surface area contributed by atoms with Gasteiger partial charge in [0.15, 0.2) is 11.2 Å². The van der Waals surface area contributed by atoms with Crippen molar-refractivity contribution in [3.8, 4) is 0 Å². The van der Waals surface area contributed by atoms with Crippen molar-refractivity contribution in [2.75, 3.05) is 0 Å². The second kappa shape index (κ2) is 8.07. The number of hydrogen-bond donors (Lipinski definition) is 1. The lowest BCUT2D eigenvalue weighted by Crippen LogP contribution is -2.31. The van der Waals surface area contributed by atoms with Gasteiger partial charge in [0.05, 0.1) is 6.26 Å². The number of aromatic nitrogens is 4. The molecule has 3 aromatic heterocycles. The van der Waals surface area contributed by atoms with Crippen LogP contribution in [0.2, 0.25) is 0 Å². The number of carbonyl (C=O) groups is 1. The Bertz CT molecular complexity index is 1040. The highest BCUT2D eigenvalue weighted by atomic mass is 16.5. The first-order chi connectivity index (χ1) is 13.1. The monoisotopic (exact) mass is 374 g/mol. The van der Waals surface area contributed by atoms with Gasteiger partial charge < -0.3 is 13.7 Å². The molecule has 0 saturated carbocycles. The van der Waals surface area contributed by atoms with E-state index in [9.17, 15) is 14.4 Å². The van der Waals surface area contributed by atoms with Crippen LogP contribution in [0.25, 0.3) is 11.2 Å². The fourth-order valence-electron chi connectivity index (χ4n) is 2.91. The lowest BCUT2D eigenvalue weighted by molar-refractivity contribution is 0.0422. The van der Waals surface area contributed by atoms with Crippen LogP contribution in [-0.4, -0.2) is 25.1 Å². The average Bonchev–Trinajstić information content (AvgIpc) is 3.29. The SMILES string of the molecule is CCCCn1c(=O)[nH]c(=O)c2c1nc(COC(=O)c1ccco1)n2CCC. The highest BCUT2D eigenvalue weighted by Crippen LogP contribution is 2.15. The van der Waals surface area contributed by atoms with Gasteiger partial charge in [-0.05, 0) is 25.0 Å². The van der Waals surface area contributed by atoms with Crippen LogP contribution in [0, 0.1) is 0 Å². The van der Waals surface area contributed by atoms with Crippen molar-refractivity contribution in [1.82, 2.24) is 19.1 Å². The van der Waals surface area contributed by atoms with Crippen molar-refractivity contribution >= 4 is 17.1 Å². The molecular formula is C18H22N4O5. The van der Waals surface area contributed by atoms with E-state index >= 15 is 0 Å². The molecule has 0 saturated heterocycles. The van der Waals surface area contributed by atoms with Gasteiger partial charge in [-0.2, -0.15) is 0 Å². The summed E-state index contributed by atoms with van der Waals surface area (Å²) in [5.74, 6) is -0.119. The van der Waals surface area contributed by atoms with Gasteiger partial charge in [0, 0.05) is 13.1 Å². The quantitative estimate of drug-likeness (QED) is 0.604. The summed E-state index contributed by atoms with van der Waals surface area (Å²) in [7, 11) is 0. The lowest BCUT2D eigenvalue weighted by Gasteiger charge is -2.08. The molecule has 0 aliphatic carbocycles. The molecule has 3 aromatic rings. The fourth-order valence-corrected chi connectivity index (χ4v) is 2.91. The largest absolute Gasteiger partial charge is 0.457 e. The number of aromatic amines is 1. The number of ether oxygens (including phenoxy) is 1. The number of carbonyl (C=O) groups excluding carboxylic acids is 1. The first-order valence-corrected chi connectivity index (χ1v) is 8.99. The zero-order chi connectivity index (χ0) is 19.4. The van der Waals surface area contributed by atoms with Gasteiger partial charge in [-0.3, -0.25) is 14.3 Å². The second-order valence-electron chi connectivity index (χ2n) is 6.17. The predicted molar refractivity (Wildman–Crippen MR) is 97.6 cm³/mol. The van der Waals surface area contributed by atoms with Crippen molar-refractivity contribution < 1.29 is 13.9 Å². The van der Waals surface area contributed by atoms with Gasteiger partial charge in [0.25, 0.3) is 5.56 Å². The Morgan fingerprint density at radius 1 is 1.22 bits per heavy atom. The van der Waals surface area contributed by atoms with E-state index in [2.05, 4.69) is 9.97 Å². The van der Waals surface area contributed by atoms with Crippen LogP contribution in [-0.2, 0) is 24.4 Å². The van der Waals surface area contributed by atoms with Gasteiger partial charge in [-0.1, -0.05) is 20.3 Å². The number of nitrogens with one attached hydrogen (secondary N) is 1. The van der Waals surface area contributed by atoms with Crippen molar-refractivity contribution in [3.05, 3.63) is 50.8 Å². The topological polar surface area (TPSA) is 112 Å². The molecule has 0 atom stereocenters. The van der Waals surface area contributed by atoms with E-state index < -0.39 is 17.2 Å². The van der Waals surface area contributed by atoms with Crippen LogP contribution in [0.15, 0.2) is 32.4 Å². The van der Waals surface area contributed by atoms with E-state index in [-0.39, 0.29) is 12.4 Å². The van der Waals surface area contributed by atoms with Crippen LogP contribution in [0.5, 0.6) is 0 Å². The summed E-state index contributed by atoms with van der Waals surface area (Å²) in [5, 5.41) is 0. The molecule has 144 valence electrons. The molecule has 0 spiro atoms. The molecule has 1 N–H and O–H groups in total. The average molecular weight is 374 g/mol. The van der Waals surface area contributed by atoms with E-state index in [0.29, 0.717) is 30.1 Å². The van der Waals surface area contributed by atoms with Gasteiger partial charge in [0.2, 0.25) is 5.76 Å². The molecule has 0 fully saturated rings. The Morgan fingerprint density at radius 3 is 2.70 bits per heavy atom. The Labute approximate surface area is 154 Å². The molecule has 3 heterocycles. The number of unbranched alkanes of at least 4 members (excludes halogenated alkanes) is 1. The summed E-state index contributed by atoms with van der Waals surface area (Å²) in [6.07, 6.45) is 3.81. The van der Waals surface area contributed by atoms with E-state index in [4.69, 9.17) is 9.15 Å². The van der Waals surface area contributed by atoms with Gasteiger partial charge in [0.1, 0.15) is 12.4 Å². The zero-order valence-electron chi connectivity index (χ0n) is 15.4. The standard InChI is InChI=1S/C18H22N4O5/c1-3-5-9-22-15-14(16(23)20-18(22)25)21(8-4-2)13(19-15)11-27-17(24)12-7-6-10-26-12/h6-7,10H,3-5,8-9,11H2,1-2H3,(H,20,23,25). The molecule has 27 heavy (non-hydrogen) atoms. The van der Waals surface area contributed by atoms with Crippen molar-refractivity contribution in [3.63, 3.8) is 0 Å². The molecule has 0 aromatic carbocycles. The maximum Gasteiger partial charge on any atom is 0.374 e. The number of nitrogens with zero attached hydrogens (tertiary/aromatic N) is 3. The number of rotatable bonds is 8. The lowest BCUT2D eigenvalue weighted by atomic mass is 10.3. The molecular weight excluding hydrogens is 352 g/mol. The number of hydrogen-bond acceptors (Lipinski definition) is 6. The molecule has 0 bridgehead atoms. The molecule has 0 aliphatic heterocycles. The van der Waals surface area contributed by atoms with E-state index in [1.165, 1.54) is 16.9 Å². The number of furan rings is 1. The molecule has 0 radical (unpaired) electrons. The minimum atomic E-state index is -0.618. The van der Waals surface area contributed by atoms with Crippen LogP contribution >= 0.6 is 0 Å². The highest BCUT2D eigenvalue weighted by Gasteiger charge is 2.20. The molecule has 0 aliphatic rings. The van der Waals surface area contributed by atoms with Crippen LogP contribution in [0.3, 0.4) is 0 Å². The molecule has 3 rings (SSSR count). The van der Waals surface area contributed by atoms with Crippen molar-refractivity contribution in [1.29, 1.82) is 0 Å². The van der Waals surface area contributed by atoms with E-state index in [1.54, 1.807) is 10.6 Å². The molecule has 0 amide bonds. The van der Waals surface area contributed by atoms with Gasteiger partial charge >= 0.3 is 11.7 Å². The summed E-state index contributed by atoms with van der Waals surface area (Å²) in [6, 6.07) is 3.10. The third kappa shape index (κ3) is 3.71. The summed E-state index contributed by atoms with van der Waals surface area (Å²) < 4.78 is 13.4. The third-order valence-corrected chi connectivity index (χ3v) is 4.20. The minimum absolute atomic E-state index is 0.0888. The van der Waals surface area contributed by atoms with Crippen molar-refractivity contribution in [2.45, 2.75) is 52.8 Å². The maximum absolute atomic E-state index is 12.4. The predicted octanol–water partition coefficient (Wildman–Crippen LogP) is 2.05. The molecule has 9 heteroatoms. The first-order valence-electron chi connectivity index (χ1n) is 8.99. The van der Waals surface area contributed by atoms with E-state index in [0.717, 1.165) is 19.3 Å². The Balaban J connectivity index is 2.02. The summed E-state index contributed by atoms with van der Waals surface area (Å²) >= 11 is 0. The summed E-state index contributed by atoms with van der Waals surface area (Å²) in [5.41, 5.74) is -0.347. The summed E-state index contributed by atoms with van der Waals surface area (Å²) in [4.78, 5) is 43.5. The highest BCUT2D eigenvalue weighted by molar-refractivity contribution is 5.86. The van der Waals surface area contributed by atoms with Crippen LogP contribution in [0.1, 0.15) is 49.5 Å². The smallest absolute Gasteiger partial charge is 0.374 e. The van der Waals surface area contributed by atoms with E-state index in [1.807, 2.05) is 13.8 Å². The van der Waals surface area contributed by atoms with Gasteiger partial charge in [-0.15, -0.1) is 0 Å². The molecule has 0 unspecified atom stereocenters. The fraction of sp³-hybridized carbons (Fsp3) is 0.444. The Hall–Kier alpha value is -3.10. The number of aryl methyl sites for hydroxylation is 2. The second-order valence-corrected chi connectivity index (χ2v) is 6.17. The summed E-state index contributed by atoms with van der Waals surface area (Å²) in [6.45, 7) is 4.82. The number of imidazole rings is 1. The normalized spacial score (nSPS) is 11.2. The number of fused-ring (bicyclic) bond motifs is 1.